The summed E-state index contributed by atoms with van der Waals surface area (Å²) < 4.78 is 7.48. The molecule has 1 aliphatic heterocycles. The average molecular weight is 425 g/mol. The zero-order valence-corrected chi connectivity index (χ0v) is 17.5. The quantitative estimate of drug-likeness (QED) is 0.619. The second kappa shape index (κ2) is 9.39. The van der Waals surface area contributed by atoms with Crippen molar-refractivity contribution in [2.45, 2.75) is 25.5 Å². The summed E-state index contributed by atoms with van der Waals surface area (Å²) in [5, 5.41) is 14.3. The molecule has 0 spiro atoms. The Labute approximate surface area is 171 Å². The monoisotopic (exact) mass is 424 g/mol. The minimum absolute atomic E-state index is 0.162. The number of morpholine rings is 1. The van der Waals surface area contributed by atoms with Crippen LogP contribution in [0.15, 0.2) is 16.6 Å². The summed E-state index contributed by atoms with van der Waals surface area (Å²) in [5.74, 6) is 0.607. The van der Waals surface area contributed by atoms with Gasteiger partial charge in [-0.1, -0.05) is 25.6 Å². The number of carbonyl (C=O) groups excluding carboxylic acids is 2. The molecule has 28 heavy (non-hydrogen) atoms. The summed E-state index contributed by atoms with van der Waals surface area (Å²) in [6, 6.07) is 1.60. The molecule has 2 aromatic rings. The molecule has 3 heterocycles. The molecule has 0 bridgehead atoms. The molecule has 0 aliphatic carbocycles. The van der Waals surface area contributed by atoms with Crippen molar-refractivity contribution in [3.8, 4) is 0 Å². The lowest BCUT2D eigenvalue weighted by atomic mass is 10.2. The van der Waals surface area contributed by atoms with Crippen LogP contribution in [0.4, 0.5) is 10.9 Å². The maximum atomic E-state index is 12.3. The highest BCUT2D eigenvalue weighted by atomic mass is 32.2. The maximum absolute atomic E-state index is 12.3. The van der Waals surface area contributed by atoms with E-state index in [9.17, 15) is 9.59 Å². The molecule has 0 saturated carbocycles. The van der Waals surface area contributed by atoms with Crippen molar-refractivity contribution in [1.29, 1.82) is 0 Å². The Morgan fingerprint density at radius 1 is 1.36 bits per heavy atom. The lowest BCUT2D eigenvalue weighted by Gasteiger charge is -2.28. The minimum atomic E-state index is -0.559. The molecule has 11 heteroatoms. The molecule has 152 valence electrons. The Bertz CT molecular complexity index is 829. The number of hydrogen-bond acceptors (Lipinski definition) is 8. The summed E-state index contributed by atoms with van der Waals surface area (Å²) in [4.78, 5) is 25.9. The van der Waals surface area contributed by atoms with Gasteiger partial charge in [0.1, 0.15) is 5.00 Å². The van der Waals surface area contributed by atoms with Crippen molar-refractivity contribution in [3.05, 3.63) is 17.0 Å². The van der Waals surface area contributed by atoms with Gasteiger partial charge < -0.3 is 20.7 Å². The van der Waals surface area contributed by atoms with Gasteiger partial charge in [0.05, 0.1) is 24.5 Å². The molecule has 1 fully saturated rings. The van der Waals surface area contributed by atoms with Crippen molar-refractivity contribution >= 4 is 45.9 Å². The van der Waals surface area contributed by atoms with Crippen molar-refractivity contribution in [1.82, 2.24) is 14.8 Å². The van der Waals surface area contributed by atoms with Crippen LogP contribution in [-0.2, 0) is 16.1 Å². The Hall–Kier alpha value is -2.11. The smallest absolute Gasteiger partial charge is 0.251 e. The summed E-state index contributed by atoms with van der Waals surface area (Å²) in [5.41, 5.74) is 5.64. The third-order valence-electron chi connectivity index (χ3n) is 4.05. The number of ether oxygens (including phenoxy) is 1. The summed E-state index contributed by atoms with van der Waals surface area (Å²) in [7, 11) is 0. The van der Waals surface area contributed by atoms with Crippen LogP contribution in [0, 0.1) is 5.92 Å². The SMILES string of the molecule is CC(C)Cn1c(SCC(=O)Nc2sccc2C(N)=O)nnc1N1CCOCC1. The van der Waals surface area contributed by atoms with Gasteiger partial charge in [0, 0.05) is 19.6 Å². The van der Waals surface area contributed by atoms with E-state index in [1.807, 2.05) is 0 Å². The standard InChI is InChI=1S/C17H24N6O3S2/c1-11(2)9-23-16(22-4-6-26-7-5-22)20-21-17(23)28-10-13(24)19-15-12(14(18)25)3-8-27-15/h3,8,11H,4-7,9-10H2,1-2H3,(H2,18,25)(H,19,24). The zero-order valence-electron chi connectivity index (χ0n) is 15.9. The third-order valence-corrected chi connectivity index (χ3v) is 5.85. The molecule has 0 unspecified atom stereocenters. The van der Waals surface area contributed by atoms with Crippen LogP contribution < -0.4 is 16.0 Å². The molecule has 1 saturated heterocycles. The first-order chi connectivity index (χ1) is 13.5. The molecular formula is C17H24N6O3S2. The molecule has 3 N–H and O–H groups in total. The van der Waals surface area contributed by atoms with Crippen molar-refractivity contribution in [2.75, 3.05) is 42.3 Å². The van der Waals surface area contributed by atoms with Gasteiger partial charge in [0.15, 0.2) is 5.16 Å². The zero-order chi connectivity index (χ0) is 20.1. The van der Waals surface area contributed by atoms with Crippen molar-refractivity contribution in [3.63, 3.8) is 0 Å². The predicted octanol–water partition coefficient (Wildman–Crippen LogP) is 1.66. The third kappa shape index (κ3) is 5.03. The number of nitrogens with zero attached hydrogens (tertiary/aromatic N) is 4. The normalized spacial score (nSPS) is 14.5. The van der Waals surface area contributed by atoms with E-state index >= 15 is 0 Å². The summed E-state index contributed by atoms with van der Waals surface area (Å²) in [6.45, 7) is 7.91. The molecule has 9 nitrogen and oxygen atoms in total. The van der Waals surface area contributed by atoms with E-state index in [2.05, 4.69) is 38.8 Å². The molecule has 1 aliphatic rings. The molecule has 0 atom stereocenters. The minimum Gasteiger partial charge on any atom is -0.378 e. The first kappa shape index (κ1) is 20.6. The van der Waals surface area contributed by atoms with E-state index in [0.29, 0.717) is 34.9 Å². The number of primary amides is 1. The Balaban J connectivity index is 1.67. The molecule has 0 aromatic carbocycles. The molecule has 0 radical (unpaired) electrons. The summed E-state index contributed by atoms with van der Waals surface area (Å²) in [6.07, 6.45) is 0. The largest absolute Gasteiger partial charge is 0.378 e. The predicted molar refractivity (Wildman–Crippen MR) is 110 cm³/mol. The van der Waals surface area contributed by atoms with Crippen LogP contribution >= 0.6 is 23.1 Å². The van der Waals surface area contributed by atoms with Gasteiger partial charge in [-0.15, -0.1) is 21.5 Å². The highest BCUT2D eigenvalue weighted by molar-refractivity contribution is 7.99. The Morgan fingerprint density at radius 2 is 2.11 bits per heavy atom. The lowest BCUT2D eigenvalue weighted by Crippen LogP contribution is -2.38. The highest BCUT2D eigenvalue weighted by Gasteiger charge is 2.22. The van der Waals surface area contributed by atoms with Crippen LogP contribution in [0.2, 0.25) is 0 Å². The van der Waals surface area contributed by atoms with E-state index in [-0.39, 0.29) is 11.7 Å². The first-order valence-electron chi connectivity index (χ1n) is 9.01. The molecule has 3 rings (SSSR count). The number of aromatic nitrogens is 3. The van der Waals surface area contributed by atoms with E-state index in [1.165, 1.54) is 23.1 Å². The number of nitrogens with two attached hydrogens (primary N) is 1. The van der Waals surface area contributed by atoms with Crippen LogP contribution in [0.3, 0.4) is 0 Å². The van der Waals surface area contributed by atoms with Crippen LogP contribution in [-0.4, -0.2) is 58.6 Å². The van der Waals surface area contributed by atoms with Gasteiger partial charge in [0.2, 0.25) is 11.9 Å². The van der Waals surface area contributed by atoms with Gasteiger partial charge in [0.25, 0.3) is 5.91 Å². The average Bonchev–Trinajstić information content (AvgIpc) is 3.27. The van der Waals surface area contributed by atoms with Crippen LogP contribution in [0.25, 0.3) is 0 Å². The molecular weight excluding hydrogens is 400 g/mol. The Morgan fingerprint density at radius 3 is 2.79 bits per heavy atom. The number of anilines is 2. The number of rotatable bonds is 8. The first-order valence-corrected chi connectivity index (χ1v) is 10.9. The van der Waals surface area contributed by atoms with Gasteiger partial charge in [-0.3, -0.25) is 14.2 Å². The fourth-order valence-corrected chi connectivity index (χ4v) is 4.35. The van der Waals surface area contributed by atoms with E-state index in [0.717, 1.165) is 25.6 Å². The van der Waals surface area contributed by atoms with E-state index in [4.69, 9.17) is 10.5 Å². The topological polar surface area (TPSA) is 115 Å². The fraction of sp³-hybridized carbons (Fsp3) is 0.529. The number of amides is 2. The van der Waals surface area contributed by atoms with Crippen molar-refractivity contribution in [2.24, 2.45) is 11.7 Å². The van der Waals surface area contributed by atoms with Crippen LogP contribution in [0.5, 0.6) is 0 Å². The number of thiophene rings is 1. The Kier molecular flexibility index (Phi) is 6.92. The van der Waals surface area contributed by atoms with Gasteiger partial charge >= 0.3 is 0 Å². The van der Waals surface area contributed by atoms with Gasteiger partial charge in [-0.2, -0.15) is 0 Å². The van der Waals surface area contributed by atoms with Gasteiger partial charge in [-0.05, 0) is 17.4 Å². The number of thioether (sulfide) groups is 1. The molecule has 2 amide bonds. The highest BCUT2D eigenvalue weighted by Crippen LogP contribution is 2.26. The van der Waals surface area contributed by atoms with Gasteiger partial charge in [-0.25, -0.2) is 0 Å². The summed E-state index contributed by atoms with van der Waals surface area (Å²) >= 11 is 2.59. The fourth-order valence-electron chi connectivity index (χ4n) is 2.80. The maximum Gasteiger partial charge on any atom is 0.251 e. The number of hydrogen-bond donors (Lipinski definition) is 2. The van der Waals surface area contributed by atoms with Crippen LogP contribution in [0.1, 0.15) is 24.2 Å². The number of carbonyl (C=O) groups is 2. The van der Waals surface area contributed by atoms with Crippen molar-refractivity contribution < 1.29 is 14.3 Å². The number of nitrogens with one attached hydrogen (secondary N) is 1. The second-order valence-electron chi connectivity index (χ2n) is 6.75. The lowest BCUT2D eigenvalue weighted by molar-refractivity contribution is -0.113. The second-order valence-corrected chi connectivity index (χ2v) is 8.61. The molecule has 2 aromatic heterocycles. The van der Waals surface area contributed by atoms with E-state index < -0.39 is 5.91 Å². The van der Waals surface area contributed by atoms with E-state index in [1.54, 1.807) is 11.4 Å².